The fourth-order valence-corrected chi connectivity index (χ4v) is 3.34. The van der Waals surface area contributed by atoms with Crippen molar-refractivity contribution in [1.29, 1.82) is 0 Å². The van der Waals surface area contributed by atoms with E-state index in [2.05, 4.69) is 36.5 Å². The van der Waals surface area contributed by atoms with Crippen molar-refractivity contribution in [2.24, 2.45) is 0 Å². The Balaban J connectivity index is 1.71. The number of furan rings is 1. The zero-order valence-electron chi connectivity index (χ0n) is 15.5. The third kappa shape index (κ3) is 4.21. The zero-order chi connectivity index (χ0) is 18.5. The molecule has 4 heteroatoms. The number of rotatable bonds is 6. The summed E-state index contributed by atoms with van der Waals surface area (Å²) in [5, 5.41) is 5.06. The Hall–Kier alpha value is -2.85. The van der Waals surface area contributed by atoms with E-state index in [9.17, 15) is 4.79 Å². The van der Waals surface area contributed by atoms with Crippen molar-refractivity contribution in [1.82, 2.24) is 0 Å². The third-order valence-corrected chi connectivity index (χ3v) is 4.49. The first kappa shape index (κ1) is 18.0. The lowest BCUT2D eigenvalue weighted by Gasteiger charge is -2.15. The van der Waals surface area contributed by atoms with Crippen LogP contribution in [0.2, 0.25) is 0 Å². The molecular formula is C22H25N2O2+. The number of nitrogens with one attached hydrogen (secondary N) is 1. The second kappa shape index (κ2) is 8.02. The number of hydrogen-bond donors (Lipinski definition) is 2. The largest absolute Gasteiger partial charge is 0.463 e. The van der Waals surface area contributed by atoms with Gasteiger partial charge in [0.25, 0.3) is 5.91 Å². The predicted octanol–water partition coefficient (Wildman–Crippen LogP) is 3.50. The average molecular weight is 349 g/mol. The number of amides is 1. The summed E-state index contributed by atoms with van der Waals surface area (Å²) in [5.74, 6) is 0.819. The van der Waals surface area contributed by atoms with E-state index in [0.717, 1.165) is 28.1 Å². The van der Waals surface area contributed by atoms with Gasteiger partial charge >= 0.3 is 0 Å². The Morgan fingerprint density at radius 3 is 2.35 bits per heavy atom. The molecular weight excluding hydrogens is 324 g/mol. The molecule has 2 aromatic carbocycles. The molecule has 0 fully saturated rings. The highest BCUT2D eigenvalue weighted by atomic mass is 16.3. The van der Waals surface area contributed by atoms with Crippen molar-refractivity contribution in [3.63, 3.8) is 0 Å². The number of hydrogen-bond acceptors (Lipinski definition) is 2. The molecule has 0 radical (unpaired) electrons. The van der Waals surface area contributed by atoms with Gasteiger partial charge in [0, 0.05) is 11.3 Å². The van der Waals surface area contributed by atoms with Gasteiger partial charge in [0.2, 0.25) is 0 Å². The van der Waals surface area contributed by atoms with Crippen LogP contribution in [0.15, 0.2) is 65.3 Å². The predicted molar refractivity (Wildman–Crippen MR) is 103 cm³/mol. The van der Waals surface area contributed by atoms with E-state index in [4.69, 9.17) is 4.42 Å². The number of carbonyl (C=O) groups is 1. The first-order chi connectivity index (χ1) is 12.5. The van der Waals surface area contributed by atoms with Crippen LogP contribution in [0.3, 0.4) is 0 Å². The molecule has 3 rings (SSSR count). The molecule has 3 aromatic rings. The van der Waals surface area contributed by atoms with Crippen LogP contribution >= 0.6 is 0 Å². The standard InChI is InChI=1S/C22H24N2O2/c1-15-12-16(2)21(17(3)13-15)24-20(25)14-23-22(19-10-7-11-26-19)18-8-5-4-6-9-18/h4-13,22-23H,14H2,1-3H3,(H,24,25)/p+1/t22-/m1/s1. The van der Waals surface area contributed by atoms with E-state index in [1.165, 1.54) is 5.56 Å². The monoisotopic (exact) mass is 349 g/mol. The normalized spacial score (nSPS) is 12.0. The highest BCUT2D eigenvalue weighted by Gasteiger charge is 2.21. The Morgan fingerprint density at radius 2 is 1.73 bits per heavy atom. The van der Waals surface area contributed by atoms with Crippen LogP contribution in [0, 0.1) is 20.8 Å². The lowest BCUT2D eigenvalue weighted by Crippen LogP contribution is -2.87. The molecule has 0 saturated carbocycles. The summed E-state index contributed by atoms with van der Waals surface area (Å²) in [6.07, 6.45) is 1.66. The number of anilines is 1. The van der Waals surface area contributed by atoms with Crippen LogP contribution in [0.4, 0.5) is 5.69 Å². The third-order valence-electron chi connectivity index (χ3n) is 4.49. The maximum absolute atomic E-state index is 12.5. The number of quaternary nitrogens is 1. The minimum atomic E-state index is -0.0443. The fourth-order valence-electron chi connectivity index (χ4n) is 3.34. The average Bonchev–Trinajstić information content (AvgIpc) is 3.13. The second-order valence-electron chi connectivity index (χ2n) is 6.67. The van der Waals surface area contributed by atoms with E-state index < -0.39 is 0 Å². The van der Waals surface area contributed by atoms with Gasteiger partial charge in [-0.1, -0.05) is 48.0 Å². The molecule has 1 amide bonds. The molecule has 0 aliphatic heterocycles. The summed E-state index contributed by atoms with van der Waals surface area (Å²) in [4.78, 5) is 12.5. The van der Waals surface area contributed by atoms with Gasteiger partial charge in [-0.3, -0.25) is 4.79 Å². The summed E-state index contributed by atoms with van der Waals surface area (Å²) >= 11 is 0. The fraction of sp³-hybridized carbons (Fsp3) is 0.227. The number of aryl methyl sites for hydroxylation is 3. The number of carbonyl (C=O) groups excluding carboxylic acids is 1. The van der Waals surface area contributed by atoms with Crippen molar-refractivity contribution in [2.45, 2.75) is 26.8 Å². The van der Waals surface area contributed by atoms with Crippen molar-refractivity contribution in [3.8, 4) is 0 Å². The molecule has 134 valence electrons. The molecule has 0 aliphatic carbocycles. The van der Waals surface area contributed by atoms with Crippen molar-refractivity contribution in [3.05, 3.63) is 88.9 Å². The SMILES string of the molecule is Cc1cc(C)c(NC(=O)C[NH2+][C@H](c2ccccc2)c2ccco2)c(C)c1. The summed E-state index contributed by atoms with van der Waals surface area (Å²) in [5.41, 5.74) is 5.38. The highest BCUT2D eigenvalue weighted by Crippen LogP contribution is 2.22. The second-order valence-corrected chi connectivity index (χ2v) is 6.67. The first-order valence-electron chi connectivity index (χ1n) is 8.84. The maximum atomic E-state index is 12.5. The van der Waals surface area contributed by atoms with Gasteiger partial charge in [0.15, 0.2) is 18.3 Å². The Bertz CT molecular complexity index is 847. The molecule has 1 aromatic heterocycles. The molecule has 0 unspecified atom stereocenters. The van der Waals surface area contributed by atoms with Gasteiger partial charge in [-0.15, -0.1) is 0 Å². The molecule has 26 heavy (non-hydrogen) atoms. The van der Waals surface area contributed by atoms with Gasteiger partial charge in [0.1, 0.15) is 0 Å². The van der Waals surface area contributed by atoms with Gasteiger partial charge in [-0.05, 0) is 44.0 Å². The molecule has 0 aliphatic rings. The molecule has 0 spiro atoms. The lowest BCUT2D eigenvalue weighted by molar-refractivity contribution is -0.678. The van der Waals surface area contributed by atoms with E-state index >= 15 is 0 Å². The number of nitrogens with two attached hydrogens (primary N) is 1. The molecule has 1 heterocycles. The smallest absolute Gasteiger partial charge is 0.279 e. The van der Waals surface area contributed by atoms with Crippen LogP contribution in [0.1, 0.15) is 34.1 Å². The van der Waals surface area contributed by atoms with Crippen LogP contribution in [-0.2, 0) is 4.79 Å². The Kier molecular flexibility index (Phi) is 5.54. The topological polar surface area (TPSA) is 58.9 Å². The van der Waals surface area contributed by atoms with E-state index in [1.54, 1.807) is 6.26 Å². The van der Waals surface area contributed by atoms with Gasteiger partial charge in [-0.25, -0.2) is 0 Å². The molecule has 4 nitrogen and oxygen atoms in total. The van der Waals surface area contributed by atoms with E-state index in [-0.39, 0.29) is 11.9 Å². The molecule has 0 saturated heterocycles. The molecule has 0 bridgehead atoms. The molecule has 3 N–H and O–H groups in total. The van der Waals surface area contributed by atoms with Crippen LogP contribution in [0.5, 0.6) is 0 Å². The van der Waals surface area contributed by atoms with Gasteiger partial charge in [-0.2, -0.15) is 0 Å². The quantitative estimate of drug-likeness (QED) is 0.716. The summed E-state index contributed by atoms with van der Waals surface area (Å²) in [6.45, 7) is 6.42. The zero-order valence-corrected chi connectivity index (χ0v) is 15.5. The lowest BCUT2D eigenvalue weighted by atomic mass is 10.0. The Labute approximate surface area is 154 Å². The minimum absolute atomic E-state index is 0.0208. The minimum Gasteiger partial charge on any atom is -0.463 e. The van der Waals surface area contributed by atoms with Crippen LogP contribution in [-0.4, -0.2) is 12.5 Å². The summed E-state index contributed by atoms with van der Waals surface area (Å²) < 4.78 is 5.59. The highest BCUT2D eigenvalue weighted by molar-refractivity contribution is 5.93. The summed E-state index contributed by atoms with van der Waals surface area (Å²) in [6, 6.07) is 18.0. The van der Waals surface area contributed by atoms with Crippen LogP contribution < -0.4 is 10.6 Å². The van der Waals surface area contributed by atoms with E-state index in [0.29, 0.717) is 6.54 Å². The number of benzene rings is 2. The van der Waals surface area contributed by atoms with Crippen molar-refractivity contribution >= 4 is 11.6 Å². The maximum Gasteiger partial charge on any atom is 0.279 e. The van der Waals surface area contributed by atoms with E-state index in [1.807, 2.05) is 49.5 Å². The van der Waals surface area contributed by atoms with Crippen LogP contribution in [0.25, 0.3) is 0 Å². The first-order valence-corrected chi connectivity index (χ1v) is 8.84. The summed E-state index contributed by atoms with van der Waals surface area (Å²) in [7, 11) is 0. The van der Waals surface area contributed by atoms with Gasteiger partial charge < -0.3 is 15.1 Å². The molecule has 1 atom stereocenters. The van der Waals surface area contributed by atoms with Crippen molar-refractivity contribution < 1.29 is 14.5 Å². The van der Waals surface area contributed by atoms with Crippen molar-refractivity contribution in [2.75, 3.05) is 11.9 Å². The van der Waals surface area contributed by atoms with Gasteiger partial charge in [0.05, 0.1) is 6.26 Å². The Morgan fingerprint density at radius 1 is 1.04 bits per heavy atom.